The average Bonchev–Trinajstić information content (AvgIpc) is 3.19. The molecule has 1 aliphatic rings. The van der Waals surface area contributed by atoms with Crippen LogP contribution in [0.2, 0.25) is 0 Å². The quantitative estimate of drug-likeness (QED) is 0.584. The van der Waals surface area contributed by atoms with Crippen LogP contribution in [0.5, 0.6) is 0 Å². The Morgan fingerprint density at radius 3 is 1.78 bits per heavy atom. The molecule has 0 aliphatic carbocycles. The molecule has 1 aliphatic heterocycles. The fraction of sp³-hybridized carbons (Fsp3) is 0.312. The number of thiocarbonyl (C=S) groups is 1. The Hall–Kier alpha value is -1.57. The van der Waals surface area contributed by atoms with E-state index in [4.69, 9.17) is 12.2 Å². The first-order valence-electron chi connectivity index (χ1n) is 7.34. The van der Waals surface area contributed by atoms with Crippen LogP contribution in [0.4, 0.5) is 0 Å². The number of hydrogen-bond donors (Lipinski definition) is 0. The number of nitrogens with zero attached hydrogens (tertiary/aromatic N) is 2. The van der Waals surface area contributed by atoms with Crippen LogP contribution >= 0.6 is 34.9 Å². The Morgan fingerprint density at radius 1 is 0.913 bits per heavy atom. The van der Waals surface area contributed by atoms with Crippen molar-refractivity contribution in [3.05, 3.63) is 44.8 Å². The van der Waals surface area contributed by atoms with Gasteiger partial charge in [0.05, 0.1) is 0 Å². The van der Waals surface area contributed by atoms with Gasteiger partial charge in [0.2, 0.25) is 11.8 Å². The molecule has 2 aromatic rings. The van der Waals surface area contributed by atoms with E-state index < -0.39 is 0 Å². The maximum absolute atomic E-state index is 12.1. The molecule has 0 spiro atoms. The predicted octanol–water partition coefficient (Wildman–Crippen LogP) is 2.94. The first kappa shape index (κ1) is 16.3. The highest BCUT2D eigenvalue weighted by atomic mass is 32.1. The molecule has 1 fully saturated rings. The minimum absolute atomic E-state index is 0.0883. The van der Waals surface area contributed by atoms with Crippen LogP contribution in [0, 0.1) is 0 Å². The Morgan fingerprint density at radius 2 is 1.39 bits per heavy atom. The van der Waals surface area contributed by atoms with Gasteiger partial charge in [-0.05, 0) is 48.0 Å². The maximum Gasteiger partial charge on any atom is 0.238 e. The van der Waals surface area contributed by atoms with Crippen LogP contribution in [0.3, 0.4) is 0 Å². The van der Waals surface area contributed by atoms with Crippen molar-refractivity contribution in [1.29, 1.82) is 0 Å². The minimum Gasteiger partial charge on any atom is -0.288 e. The summed E-state index contributed by atoms with van der Waals surface area (Å²) < 4.78 is 0. The second-order valence-electron chi connectivity index (χ2n) is 5.21. The van der Waals surface area contributed by atoms with Gasteiger partial charge in [-0.3, -0.25) is 19.4 Å². The molecule has 2 amide bonds. The van der Waals surface area contributed by atoms with Crippen molar-refractivity contribution in [2.24, 2.45) is 0 Å². The molecule has 0 unspecified atom stereocenters. The van der Waals surface area contributed by atoms with E-state index in [9.17, 15) is 9.59 Å². The van der Waals surface area contributed by atoms with Gasteiger partial charge in [0.25, 0.3) is 0 Å². The molecule has 7 heteroatoms. The largest absolute Gasteiger partial charge is 0.288 e. The molecule has 4 nitrogen and oxygen atoms in total. The van der Waals surface area contributed by atoms with Crippen molar-refractivity contribution in [1.82, 2.24) is 9.80 Å². The summed E-state index contributed by atoms with van der Waals surface area (Å²) in [5.41, 5.74) is 0. The van der Waals surface area contributed by atoms with E-state index in [0.717, 1.165) is 12.8 Å². The lowest BCUT2D eigenvalue weighted by Gasteiger charge is -2.35. The van der Waals surface area contributed by atoms with E-state index in [1.54, 1.807) is 32.5 Å². The standard InChI is InChI=1S/C16H16N2O2S3/c19-14-11-15(20)18(8-6-13-4-2-10-23-13)16(21)17(14)7-5-12-3-1-9-22-12/h1-4,9-10H,5-8,11H2. The second-order valence-corrected chi connectivity index (χ2v) is 7.64. The van der Waals surface area contributed by atoms with Gasteiger partial charge in [-0.1, -0.05) is 12.1 Å². The third-order valence-corrected chi connectivity index (χ3v) is 6.00. The lowest BCUT2D eigenvalue weighted by molar-refractivity contribution is -0.140. The van der Waals surface area contributed by atoms with Crippen molar-refractivity contribution in [3.8, 4) is 0 Å². The van der Waals surface area contributed by atoms with Crippen LogP contribution in [0.1, 0.15) is 16.2 Å². The Balaban J connectivity index is 1.64. The molecule has 1 saturated heterocycles. The van der Waals surface area contributed by atoms with Crippen molar-refractivity contribution in [3.63, 3.8) is 0 Å². The lowest BCUT2D eigenvalue weighted by Crippen LogP contribution is -2.55. The Labute approximate surface area is 148 Å². The second kappa shape index (κ2) is 7.33. The molecule has 0 radical (unpaired) electrons. The van der Waals surface area contributed by atoms with Crippen LogP contribution in [0.15, 0.2) is 35.0 Å². The monoisotopic (exact) mass is 364 g/mol. The summed E-state index contributed by atoms with van der Waals surface area (Å²) in [6.45, 7) is 1.06. The van der Waals surface area contributed by atoms with Crippen LogP contribution in [-0.4, -0.2) is 39.8 Å². The van der Waals surface area contributed by atoms with Crippen molar-refractivity contribution in [2.75, 3.05) is 13.1 Å². The highest BCUT2D eigenvalue weighted by Gasteiger charge is 2.34. The highest BCUT2D eigenvalue weighted by Crippen LogP contribution is 2.17. The van der Waals surface area contributed by atoms with E-state index in [-0.39, 0.29) is 18.2 Å². The van der Waals surface area contributed by atoms with Crippen molar-refractivity contribution >= 4 is 51.8 Å². The summed E-state index contributed by atoms with van der Waals surface area (Å²) in [7, 11) is 0. The number of thiophene rings is 2. The minimum atomic E-state index is -0.191. The zero-order valence-corrected chi connectivity index (χ0v) is 14.9. The molecular weight excluding hydrogens is 348 g/mol. The number of carbonyl (C=O) groups excluding carboxylic acids is 2. The van der Waals surface area contributed by atoms with E-state index in [1.807, 2.05) is 35.0 Å². The Kier molecular flexibility index (Phi) is 5.20. The number of amides is 2. The molecule has 0 N–H and O–H groups in total. The number of carbonyl (C=O) groups is 2. The molecular formula is C16H16N2O2S3. The fourth-order valence-corrected chi connectivity index (χ4v) is 4.26. The van der Waals surface area contributed by atoms with Gasteiger partial charge in [-0.15, -0.1) is 22.7 Å². The molecule has 2 aromatic heterocycles. The molecule has 0 atom stereocenters. The van der Waals surface area contributed by atoms with Crippen LogP contribution in [-0.2, 0) is 22.4 Å². The fourth-order valence-electron chi connectivity index (χ4n) is 2.47. The molecule has 0 bridgehead atoms. The summed E-state index contributed by atoms with van der Waals surface area (Å²) >= 11 is 8.74. The van der Waals surface area contributed by atoms with Crippen molar-refractivity contribution in [2.45, 2.75) is 19.3 Å². The van der Waals surface area contributed by atoms with Crippen LogP contribution in [0.25, 0.3) is 0 Å². The zero-order chi connectivity index (χ0) is 16.2. The molecule has 120 valence electrons. The smallest absolute Gasteiger partial charge is 0.238 e. The molecule has 3 heterocycles. The maximum atomic E-state index is 12.1. The van der Waals surface area contributed by atoms with Crippen LogP contribution < -0.4 is 0 Å². The van der Waals surface area contributed by atoms with Gasteiger partial charge in [-0.25, -0.2) is 0 Å². The van der Waals surface area contributed by atoms with E-state index in [0.29, 0.717) is 18.2 Å². The summed E-state index contributed by atoms with van der Waals surface area (Å²) in [5, 5.41) is 4.38. The summed E-state index contributed by atoms with van der Waals surface area (Å²) in [5.74, 6) is -0.382. The molecule has 0 saturated carbocycles. The van der Waals surface area contributed by atoms with Crippen molar-refractivity contribution < 1.29 is 9.59 Å². The average molecular weight is 365 g/mol. The number of hydrogen-bond acceptors (Lipinski definition) is 5. The van der Waals surface area contributed by atoms with Gasteiger partial charge in [-0.2, -0.15) is 0 Å². The summed E-state index contributed by atoms with van der Waals surface area (Å²) in [4.78, 5) is 29.9. The molecule has 23 heavy (non-hydrogen) atoms. The predicted molar refractivity (Wildman–Crippen MR) is 96.7 cm³/mol. The van der Waals surface area contributed by atoms with Gasteiger partial charge in [0.1, 0.15) is 6.42 Å². The Bertz CT molecular complexity index is 637. The normalized spacial score (nSPS) is 15.6. The summed E-state index contributed by atoms with van der Waals surface area (Å²) in [6, 6.07) is 8.07. The topological polar surface area (TPSA) is 40.6 Å². The first-order chi connectivity index (χ1) is 11.1. The third kappa shape index (κ3) is 3.85. The van der Waals surface area contributed by atoms with Gasteiger partial charge in [0, 0.05) is 22.8 Å². The first-order valence-corrected chi connectivity index (χ1v) is 9.51. The van der Waals surface area contributed by atoms with E-state index >= 15 is 0 Å². The zero-order valence-electron chi connectivity index (χ0n) is 12.4. The molecule has 0 aromatic carbocycles. The van der Waals surface area contributed by atoms with E-state index in [1.165, 1.54) is 9.75 Å². The SMILES string of the molecule is O=C1CC(=O)N(CCc2cccs2)C(=S)N1CCc1cccs1. The number of rotatable bonds is 6. The lowest BCUT2D eigenvalue weighted by atomic mass is 10.2. The van der Waals surface area contributed by atoms with Gasteiger partial charge >= 0.3 is 0 Å². The van der Waals surface area contributed by atoms with Gasteiger partial charge in [0.15, 0.2) is 5.11 Å². The summed E-state index contributed by atoms with van der Waals surface area (Å²) in [6.07, 6.45) is 1.43. The third-order valence-electron chi connectivity index (χ3n) is 3.69. The van der Waals surface area contributed by atoms with E-state index in [2.05, 4.69) is 0 Å². The molecule has 3 rings (SSSR count). The highest BCUT2D eigenvalue weighted by molar-refractivity contribution is 7.80. The van der Waals surface area contributed by atoms with Gasteiger partial charge < -0.3 is 0 Å².